The average Bonchev–Trinajstić information content (AvgIpc) is 3.18. The molecule has 142 valence electrons. The molecule has 1 saturated heterocycles. The lowest BCUT2D eigenvalue weighted by atomic mass is 10.1. The van der Waals surface area contributed by atoms with Crippen LogP contribution >= 0.6 is 0 Å². The molecule has 3 aliphatic rings. The summed E-state index contributed by atoms with van der Waals surface area (Å²) in [7, 11) is 0. The highest BCUT2D eigenvalue weighted by molar-refractivity contribution is 6.01. The molecule has 1 atom stereocenters. The molecule has 3 heterocycles. The Morgan fingerprint density at radius 1 is 1.19 bits per heavy atom. The molecule has 1 saturated carbocycles. The molecule has 1 aromatic heterocycles. The Labute approximate surface area is 154 Å². The Morgan fingerprint density at radius 2 is 2.08 bits per heavy atom. The second-order valence-electron chi connectivity index (χ2n) is 7.63. The van der Waals surface area contributed by atoms with Crippen molar-refractivity contribution in [1.82, 2.24) is 9.97 Å². The van der Waals surface area contributed by atoms with Crippen LogP contribution < -0.4 is 15.4 Å². The van der Waals surface area contributed by atoms with Crippen LogP contribution in [0.3, 0.4) is 0 Å². The van der Waals surface area contributed by atoms with E-state index < -0.39 is 0 Å². The fraction of sp³-hybridized carbons (Fsp3) is 0.737. The van der Waals surface area contributed by atoms with Gasteiger partial charge in [-0.3, -0.25) is 9.69 Å². The Bertz CT molecular complexity index is 656. The van der Waals surface area contributed by atoms with E-state index in [0.717, 1.165) is 50.2 Å². The number of anilines is 2. The van der Waals surface area contributed by atoms with Gasteiger partial charge in [-0.25, -0.2) is 0 Å². The van der Waals surface area contributed by atoms with Crippen LogP contribution in [0.5, 0.6) is 6.01 Å². The molecule has 0 radical (unpaired) electrons. The van der Waals surface area contributed by atoms with Gasteiger partial charge in [0.25, 0.3) is 0 Å². The van der Waals surface area contributed by atoms with Crippen molar-refractivity contribution in [1.29, 1.82) is 0 Å². The Hall–Kier alpha value is -1.89. The first-order valence-corrected chi connectivity index (χ1v) is 9.92. The van der Waals surface area contributed by atoms with E-state index in [1.54, 1.807) is 4.90 Å². The normalized spacial score (nSPS) is 22.1. The molecular formula is C19H28N4O3. The van der Waals surface area contributed by atoms with E-state index in [4.69, 9.17) is 15.2 Å². The molecule has 2 aliphatic heterocycles. The van der Waals surface area contributed by atoms with Crippen LogP contribution in [0.15, 0.2) is 0 Å². The van der Waals surface area contributed by atoms with Gasteiger partial charge in [0.05, 0.1) is 19.1 Å². The second kappa shape index (κ2) is 7.78. The average molecular weight is 360 g/mol. The van der Waals surface area contributed by atoms with E-state index in [1.165, 1.54) is 19.3 Å². The van der Waals surface area contributed by atoms with Gasteiger partial charge < -0.3 is 15.2 Å². The predicted octanol–water partition coefficient (Wildman–Crippen LogP) is 2.48. The number of aromatic nitrogens is 2. The summed E-state index contributed by atoms with van der Waals surface area (Å²) in [5, 5.41) is 0. The number of hydrogen-bond donors (Lipinski definition) is 1. The molecule has 2 fully saturated rings. The lowest BCUT2D eigenvalue weighted by Crippen LogP contribution is -2.28. The Balaban J connectivity index is 1.34. The first kappa shape index (κ1) is 17.5. The van der Waals surface area contributed by atoms with Crippen molar-refractivity contribution in [2.24, 2.45) is 5.92 Å². The van der Waals surface area contributed by atoms with Crippen LogP contribution in [0.1, 0.15) is 56.9 Å². The Morgan fingerprint density at radius 3 is 2.85 bits per heavy atom. The summed E-state index contributed by atoms with van der Waals surface area (Å²) in [6, 6.07) is 0.293. The first-order valence-electron chi connectivity index (χ1n) is 9.92. The summed E-state index contributed by atoms with van der Waals surface area (Å²) >= 11 is 0. The standard InChI is InChI=1S/C19H28N4O3/c20-17-15-12-16(24)23(9-2-1-4-14-5-3-10-25-14)18(15)22-19(21-17)26-11-8-13-6-7-13/h13-14H,1-12H2,(H2,20,21,22). The minimum Gasteiger partial charge on any atom is -0.463 e. The fourth-order valence-electron chi connectivity index (χ4n) is 3.76. The van der Waals surface area contributed by atoms with Crippen LogP contribution in [-0.2, 0) is 16.0 Å². The number of hydrogen-bond acceptors (Lipinski definition) is 6. The van der Waals surface area contributed by atoms with E-state index >= 15 is 0 Å². The highest BCUT2D eigenvalue weighted by atomic mass is 16.5. The summed E-state index contributed by atoms with van der Waals surface area (Å²) in [4.78, 5) is 22.9. The van der Waals surface area contributed by atoms with Gasteiger partial charge >= 0.3 is 6.01 Å². The number of nitrogen functional groups attached to an aromatic ring is 1. The van der Waals surface area contributed by atoms with Gasteiger partial charge in [0.1, 0.15) is 11.6 Å². The number of unbranched alkanes of at least 4 members (excludes halogenated alkanes) is 1. The molecule has 1 aromatic rings. The zero-order valence-corrected chi connectivity index (χ0v) is 15.3. The highest BCUT2D eigenvalue weighted by Crippen LogP contribution is 2.34. The summed E-state index contributed by atoms with van der Waals surface area (Å²) < 4.78 is 11.3. The lowest BCUT2D eigenvalue weighted by molar-refractivity contribution is -0.117. The minimum atomic E-state index is 0.0493. The van der Waals surface area contributed by atoms with Crippen LogP contribution in [-0.4, -0.2) is 41.7 Å². The van der Waals surface area contributed by atoms with Crippen LogP contribution in [0.2, 0.25) is 0 Å². The third-order valence-electron chi connectivity index (χ3n) is 5.52. The number of carbonyl (C=O) groups is 1. The quantitative estimate of drug-likeness (QED) is 0.680. The smallest absolute Gasteiger partial charge is 0.320 e. The van der Waals surface area contributed by atoms with Gasteiger partial charge in [0, 0.05) is 18.7 Å². The van der Waals surface area contributed by atoms with Gasteiger partial charge in [-0.2, -0.15) is 9.97 Å². The topological polar surface area (TPSA) is 90.6 Å². The van der Waals surface area contributed by atoms with Crippen molar-refractivity contribution in [2.75, 3.05) is 30.4 Å². The largest absolute Gasteiger partial charge is 0.463 e. The molecule has 1 aliphatic carbocycles. The van der Waals surface area contributed by atoms with Gasteiger partial charge in [-0.05, 0) is 44.4 Å². The molecule has 4 rings (SSSR count). The van der Waals surface area contributed by atoms with Crippen LogP contribution in [0.25, 0.3) is 0 Å². The number of rotatable bonds is 9. The van der Waals surface area contributed by atoms with E-state index in [-0.39, 0.29) is 12.3 Å². The molecule has 1 amide bonds. The van der Waals surface area contributed by atoms with E-state index in [1.807, 2.05) is 0 Å². The monoisotopic (exact) mass is 360 g/mol. The molecule has 0 spiro atoms. The summed E-state index contributed by atoms with van der Waals surface area (Å²) in [5.74, 6) is 1.85. The molecule has 1 unspecified atom stereocenters. The maximum atomic E-state index is 12.4. The Kier molecular flexibility index (Phi) is 5.24. The predicted molar refractivity (Wildman–Crippen MR) is 98.2 cm³/mol. The van der Waals surface area contributed by atoms with Crippen molar-refractivity contribution < 1.29 is 14.3 Å². The maximum absolute atomic E-state index is 12.4. The zero-order chi connectivity index (χ0) is 17.9. The fourth-order valence-corrected chi connectivity index (χ4v) is 3.76. The van der Waals surface area contributed by atoms with Gasteiger partial charge in [-0.15, -0.1) is 0 Å². The number of carbonyl (C=O) groups excluding carboxylic acids is 1. The number of nitrogens with two attached hydrogens (primary N) is 1. The summed E-state index contributed by atoms with van der Waals surface area (Å²) in [6.07, 6.45) is 9.70. The van der Waals surface area contributed by atoms with Crippen molar-refractivity contribution >= 4 is 17.5 Å². The maximum Gasteiger partial charge on any atom is 0.320 e. The zero-order valence-electron chi connectivity index (χ0n) is 15.3. The number of ether oxygens (including phenoxy) is 2. The molecular weight excluding hydrogens is 332 g/mol. The number of amides is 1. The van der Waals surface area contributed by atoms with Crippen molar-refractivity contribution in [2.45, 2.75) is 63.9 Å². The highest BCUT2D eigenvalue weighted by Gasteiger charge is 2.32. The van der Waals surface area contributed by atoms with Crippen LogP contribution in [0, 0.1) is 5.92 Å². The van der Waals surface area contributed by atoms with Crippen LogP contribution in [0.4, 0.5) is 11.6 Å². The first-order chi connectivity index (χ1) is 12.7. The molecule has 7 heteroatoms. The second-order valence-corrected chi connectivity index (χ2v) is 7.63. The summed E-state index contributed by atoms with van der Waals surface area (Å²) in [6.45, 7) is 2.16. The summed E-state index contributed by atoms with van der Waals surface area (Å²) in [5.41, 5.74) is 6.79. The van der Waals surface area contributed by atoms with Gasteiger partial charge in [0.2, 0.25) is 5.91 Å². The van der Waals surface area contributed by atoms with Gasteiger partial charge in [-0.1, -0.05) is 12.8 Å². The molecule has 0 bridgehead atoms. The van der Waals surface area contributed by atoms with Crippen molar-refractivity contribution in [3.63, 3.8) is 0 Å². The number of fused-ring (bicyclic) bond motifs is 1. The third kappa shape index (κ3) is 4.09. The molecule has 7 nitrogen and oxygen atoms in total. The number of nitrogens with zero attached hydrogens (tertiary/aromatic N) is 3. The van der Waals surface area contributed by atoms with Crippen molar-refractivity contribution in [3.05, 3.63) is 5.56 Å². The van der Waals surface area contributed by atoms with Gasteiger partial charge in [0.15, 0.2) is 0 Å². The molecule has 26 heavy (non-hydrogen) atoms. The SMILES string of the molecule is Nc1nc(OCCC2CC2)nc2c1CC(=O)N2CCCCC1CCCO1. The third-order valence-corrected chi connectivity index (χ3v) is 5.52. The van der Waals surface area contributed by atoms with E-state index in [0.29, 0.717) is 36.9 Å². The van der Waals surface area contributed by atoms with E-state index in [2.05, 4.69) is 9.97 Å². The lowest BCUT2D eigenvalue weighted by Gasteiger charge is -2.17. The molecule has 2 N–H and O–H groups in total. The van der Waals surface area contributed by atoms with Crippen molar-refractivity contribution in [3.8, 4) is 6.01 Å². The minimum absolute atomic E-state index is 0.0493. The molecule has 0 aromatic carbocycles. The van der Waals surface area contributed by atoms with E-state index in [9.17, 15) is 4.79 Å².